The van der Waals surface area contributed by atoms with Crippen LogP contribution in [0.5, 0.6) is 5.75 Å². The monoisotopic (exact) mass is 321 g/mol. The summed E-state index contributed by atoms with van der Waals surface area (Å²) in [5, 5.41) is 0. The van der Waals surface area contributed by atoms with Crippen molar-refractivity contribution in [1.29, 1.82) is 0 Å². The first-order valence-corrected chi connectivity index (χ1v) is 6.00. The smallest absolute Gasteiger partial charge is 0.142 e. The zero-order valence-electron chi connectivity index (χ0n) is 9.00. The highest BCUT2D eigenvalue weighted by Gasteiger charge is 2.06. The Balaban J connectivity index is 2.56. The van der Waals surface area contributed by atoms with E-state index in [2.05, 4.69) is 22.6 Å². The van der Waals surface area contributed by atoms with Crippen molar-refractivity contribution >= 4 is 28.3 Å². The van der Waals surface area contributed by atoms with E-state index in [1.54, 1.807) is 0 Å². The fraction of sp³-hybridized carbons (Fsp3) is 0.455. The van der Waals surface area contributed by atoms with Crippen molar-refractivity contribution in [2.24, 2.45) is 0 Å². The van der Waals surface area contributed by atoms with Gasteiger partial charge in [-0.3, -0.25) is 0 Å². The summed E-state index contributed by atoms with van der Waals surface area (Å²) in [7, 11) is 0. The number of ether oxygens (including phenoxy) is 2. The summed E-state index contributed by atoms with van der Waals surface area (Å²) in [5.41, 5.74) is 6.50. The molecule has 84 valence electrons. The predicted molar refractivity (Wildman–Crippen MR) is 70.2 cm³/mol. The molecule has 0 aliphatic heterocycles. The quantitative estimate of drug-likeness (QED) is 0.670. The highest BCUT2D eigenvalue weighted by Crippen LogP contribution is 2.24. The molecule has 4 heteroatoms. The van der Waals surface area contributed by atoms with E-state index in [1.807, 2.05) is 32.0 Å². The lowest BCUT2D eigenvalue weighted by molar-refractivity contribution is 0.0661. The number of hydrogen-bond acceptors (Lipinski definition) is 3. The zero-order valence-corrected chi connectivity index (χ0v) is 11.2. The fourth-order valence-electron chi connectivity index (χ4n) is 1.16. The summed E-state index contributed by atoms with van der Waals surface area (Å²) in [5.74, 6) is 0.725. The second-order valence-corrected chi connectivity index (χ2v) is 4.52. The topological polar surface area (TPSA) is 44.5 Å². The maximum Gasteiger partial charge on any atom is 0.142 e. The summed E-state index contributed by atoms with van der Waals surface area (Å²) in [6, 6.07) is 5.75. The molecule has 3 nitrogen and oxygen atoms in total. The molecule has 0 aliphatic carbocycles. The van der Waals surface area contributed by atoms with Crippen molar-refractivity contribution in [1.82, 2.24) is 0 Å². The third-order valence-electron chi connectivity index (χ3n) is 1.86. The van der Waals surface area contributed by atoms with Crippen LogP contribution < -0.4 is 10.5 Å². The molecule has 0 fully saturated rings. The lowest BCUT2D eigenvalue weighted by atomic mass is 10.3. The summed E-state index contributed by atoms with van der Waals surface area (Å²) in [6.07, 6.45) is 0.0207. The molecule has 0 radical (unpaired) electrons. The Labute approximate surface area is 104 Å². The molecule has 1 aromatic carbocycles. The highest BCUT2D eigenvalue weighted by molar-refractivity contribution is 14.1. The van der Waals surface area contributed by atoms with Crippen LogP contribution in [0.2, 0.25) is 0 Å². The molecule has 0 heterocycles. The van der Waals surface area contributed by atoms with E-state index in [1.165, 1.54) is 0 Å². The van der Waals surface area contributed by atoms with Crippen molar-refractivity contribution in [2.45, 2.75) is 20.0 Å². The van der Waals surface area contributed by atoms with Crippen LogP contribution in [0.15, 0.2) is 18.2 Å². The van der Waals surface area contributed by atoms with Gasteiger partial charge >= 0.3 is 0 Å². The van der Waals surface area contributed by atoms with Crippen molar-refractivity contribution in [3.8, 4) is 5.75 Å². The van der Waals surface area contributed by atoms with E-state index in [4.69, 9.17) is 15.2 Å². The minimum absolute atomic E-state index is 0.0207. The van der Waals surface area contributed by atoms with E-state index < -0.39 is 0 Å². The number of anilines is 1. The molecule has 1 aromatic rings. The number of nitrogens with two attached hydrogens (primary N) is 1. The lowest BCUT2D eigenvalue weighted by Gasteiger charge is -2.15. The van der Waals surface area contributed by atoms with Crippen LogP contribution in [0.1, 0.15) is 13.8 Å². The third kappa shape index (κ3) is 4.25. The Kier molecular flexibility index (Phi) is 5.17. The molecule has 0 bridgehead atoms. The van der Waals surface area contributed by atoms with E-state index in [9.17, 15) is 0 Å². The van der Waals surface area contributed by atoms with Crippen molar-refractivity contribution in [3.63, 3.8) is 0 Å². The van der Waals surface area contributed by atoms with Gasteiger partial charge in [0.1, 0.15) is 11.9 Å². The molecule has 0 amide bonds. The average Bonchev–Trinajstić information content (AvgIpc) is 2.19. The largest absolute Gasteiger partial charge is 0.486 e. The third-order valence-corrected chi connectivity index (χ3v) is 2.53. The van der Waals surface area contributed by atoms with Gasteiger partial charge in [-0.05, 0) is 54.6 Å². The SMILES string of the molecule is CCOCC(C)Oc1ccc(I)cc1N. The average molecular weight is 321 g/mol. The zero-order chi connectivity index (χ0) is 11.3. The molecule has 0 aliphatic rings. The van der Waals surface area contributed by atoms with Crippen LogP contribution >= 0.6 is 22.6 Å². The number of halogens is 1. The van der Waals surface area contributed by atoms with Crippen LogP contribution in [-0.4, -0.2) is 19.3 Å². The Morgan fingerprint density at radius 1 is 1.47 bits per heavy atom. The predicted octanol–water partition coefficient (Wildman–Crippen LogP) is 2.68. The highest BCUT2D eigenvalue weighted by atomic mass is 127. The molecular weight excluding hydrogens is 305 g/mol. The van der Waals surface area contributed by atoms with Crippen molar-refractivity contribution in [2.75, 3.05) is 18.9 Å². The molecule has 0 saturated carbocycles. The molecule has 15 heavy (non-hydrogen) atoms. The minimum atomic E-state index is 0.0207. The van der Waals surface area contributed by atoms with Gasteiger partial charge in [-0.1, -0.05) is 0 Å². The molecule has 1 atom stereocenters. The van der Waals surface area contributed by atoms with Crippen LogP contribution in [0.3, 0.4) is 0 Å². The van der Waals surface area contributed by atoms with Gasteiger partial charge < -0.3 is 15.2 Å². The van der Waals surface area contributed by atoms with Gasteiger partial charge in [0.2, 0.25) is 0 Å². The Morgan fingerprint density at radius 3 is 2.80 bits per heavy atom. The van der Waals surface area contributed by atoms with Crippen molar-refractivity contribution in [3.05, 3.63) is 21.8 Å². The van der Waals surface area contributed by atoms with E-state index in [0.29, 0.717) is 18.9 Å². The molecule has 1 rings (SSSR count). The molecular formula is C11H16INO2. The van der Waals surface area contributed by atoms with Gasteiger partial charge in [0.05, 0.1) is 12.3 Å². The Bertz CT molecular complexity index is 317. The van der Waals surface area contributed by atoms with Gasteiger partial charge in [0.25, 0.3) is 0 Å². The number of benzene rings is 1. The first-order chi connectivity index (χ1) is 7.13. The maximum absolute atomic E-state index is 5.83. The summed E-state index contributed by atoms with van der Waals surface area (Å²) in [4.78, 5) is 0. The Morgan fingerprint density at radius 2 is 2.20 bits per heavy atom. The van der Waals surface area contributed by atoms with E-state index in [0.717, 1.165) is 9.32 Å². The summed E-state index contributed by atoms with van der Waals surface area (Å²) >= 11 is 2.22. The number of nitrogen functional groups attached to an aromatic ring is 1. The molecule has 0 spiro atoms. The van der Waals surface area contributed by atoms with Crippen LogP contribution in [0.25, 0.3) is 0 Å². The molecule has 0 saturated heterocycles. The number of hydrogen-bond donors (Lipinski definition) is 1. The van der Waals surface area contributed by atoms with Gasteiger partial charge in [-0.15, -0.1) is 0 Å². The van der Waals surface area contributed by atoms with Crippen LogP contribution in [0, 0.1) is 3.57 Å². The molecule has 0 aromatic heterocycles. The van der Waals surface area contributed by atoms with E-state index >= 15 is 0 Å². The first-order valence-electron chi connectivity index (χ1n) is 4.93. The number of rotatable bonds is 5. The lowest BCUT2D eigenvalue weighted by Crippen LogP contribution is -2.19. The van der Waals surface area contributed by atoms with Crippen LogP contribution in [0.4, 0.5) is 5.69 Å². The van der Waals surface area contributed by atoms with Gasteiger partial charge in [0.15, 0.2) is 0 Å². The maximum atomic E-state index is 5.83. The standard InChI is InChI=1S/C11H16INO2/c1-3-14-7-8(2)15-11-5-4-9(12)6-10(11)13/h4-6,8H,3,7,13H2,1-2H3. The summed E-state index contributed by atoms with van der Waals surface area (Å²) in [6.45, 7) is 5.22. The van der Waals surface area contributed by atoms with Crippen LogP contribution in [-0.2, 0) is 4.74 Å². The first kappa shape index (κ1) is 12.6. The van der Waals surface area contributed by atoms with Gasteiger partial charge in [0, 0.05) is 10.2 Å². The Hall–Kier alpha value is -0.490. The molecule has 1 unspecified atom stereocenters. The van der Waals surface area contributed by atoms with Gasteiger partial charge in [-0.2, -0.15) is 0 Å². The second kappa shape index (κ2) is 6.17. The van der Waals surface area contributed by atoms with E-state index in [-0.39, 0.29) is 6.10 Å². The minimum Gasteiger partial charge on any atom is -0.486 e. The normalized spacial score (nSPS) is 12.5. The molecule has 2 N–H and O–H groups in total. The van der Waals surface area contributed by atoms with Gasteiger partial charge in [-0.25, -0.2) is 0 Å². The second-order valence-electron chi connectivity index (χ2n) is 3.27. The fourth-order valence-corrected chi connectivity index (χ4v) is 1.68. The van der Waals surface area contributed by atoms with Crippen molar-refractivity contribution < 1.29 is 9.47 Å². The summed E-state index contributed by atoms with van der Waals surface area (Å²) < 4.78 is 12.0.